The molecule has 1 aliphatic carbocycles. The van der Waals surface area contributed by atoms with Gasteiger partial charge in [0.2, 0.25) is 5.16 Å². The molecular weight excluding hydrogens is 222 g/mol. The van der Waals surface area contributed by atoms with Crippen molar-refractivity contribution < 1.29 is 0 Å². The molecule has 1 heterocycles. The van der Waals surface area contributed by atoms with E-state index in [1.165, 1.54) is 0 Å². The molecule has 1 aromatic rings. The summed E-state index contributed by atoms with van der Waals surface area (Å²) in [7, 11) is 1.83. The van der Waals surface area contributed by atoms with Crippen molar-refractivity contribution in [3.63, 3.8) is 0 Å². The molecule has 16 heavy (non-hydrogen) atoms. The number of rotatable bonds is 2. The summed E-state index contributed by atoms with van der Waals surface area (Å²) in [6, 6.07) is 2.41. The second-order valence-corrected chi connectivity index (χ2v) is 5.60. The first-order valence-electron chi connectivity index (χ1n) is 5.49. The van der Waals surface area contributed by atoms with Crippen molar-refractivity contribution >= 4 is 11.8 Å². The number of hydrogen-bond donors (Lipinski definition) is 0. The van der Waals surface area contributed by atoms with Crippen LogP contribution in [0.4, 0.5) is 0 Å². The lowest BCUT2D eigenvalue weighted by molar-refractivity contribution is 0.345. The minimum atomic E-state index is 0.137. The Morgan fingerprint density at radius 3 is 2.94 bits per heavy atom. The van der Waals surface area contributed by atoms with Gasteiger partial charge in [0.05, 0.1) is 12.0 Å². The first-order valence-corrected chi connectivity index (χ1v) is 6.37. The zero-order valence-electron chi connectivity index (χ0n) is 9.50. The van der Waals surface area contributed by atoms with Crippen molar-refractivity contribution in [3.8, 4) is 6.07 Å². The molecule has 3 atom stereocenters. The Balaban J connectivity index is 2.07. The maximum Gasteiger partial charge on any atom is 0.209 e. The third-order valence-corrected chi connectivity index (χ3v) is 4.44. The van der Waals surface area contributed by atoms with Crippen LogP contribution in [0.3, 0.4) is 0 Å². The number of nitrogens with zero attached hydrogens (tertiary/aromatic N) is 5. The highest BCUT2D eigenvalue weighted by Crippen LogP contribution is 2.38. The molecule has 0 bridgehead atoms. The average molecular weight is 237 g/mol. The lowest BCUT2D eigenvalue weighted by atomic mass is 9.83. The standard InChI is InChI=1S/C10H15N5S/c1-7-3-4-8(6-11)9(5-7)16-10-12-13-14-15(10)2/h7-9H,3-5H2,1-2H3. The van der Waals surface area contributed by atoms with Crippen LogP contribution in [0.5, 0.6) is 0 Å². The van der Waals surface area contributed by atoms with Crippen LogP contribution in [-0.2, 0) is 7.05 Å². The van der Waals surface area contributed by atoms with Crippen molar-refractivity contribution in [3.05, 3.63) is 0 Å². The highest BCUT2D eigenvalue weighted by atomic mass is 32.2. The smallest absolute Gasteiger partial charge is 0.209 e. The predicted octanol–water partition coefficient (Wildman–Crippen LogP) is 1.63. The van der Waals surface area contributed by atoms with E-state index in [9.17, 15) is 0 Å². The van der Waals surface area contributed by atoms with E-state index < -0.39 is 0 Å². The summed E-state index contributed by atoms with van der Waals surface area (Å²) in [6.07, 6.45) is 3.24. The largest absolute Gasteiger partial charge is 0.224 e. The van der Waals surface area contributed by atoms with Gasteiger partial charge in [-0.05, 0) is 35.6 Å². The van der Waals surface area contributed by atoms with E-state index in [1.54, 1.807) is 16.4 Å². The Kier molecular flexibility index (Phi) is 3.44. The third-order valence-electron chi connectivity index (χ3n) is 3.06. The van der Waals surface area contributed by atoms with Crippen molar-refractivity contribution in [1.82, 2.24) is 20.2 Å². The molecular formula is C10H15N5S. The average Bonchev–Trinajstić information content (AvgIpc) is 2.65. The highest BCUT2D eigenvalue weighted by molar-refractivity contribution is 7.99. The molecule has 5 nitrogen and oxygen atoms in total. The summed E-state index contributed by atoms with van der Waals surface area (Å²) in [6.45, 7) is 2.25. The third kappa shape index (κ3) is 2.35. The molecule has 6 heteroatoms. The van der Waals surface area contributed by atoms with Crippen molar-refractivity contribution in [2.45, 2.75) is 36.6 Å². The summed E-state index contributed by atoms with van der Waals surface area (Å²) in [5.74, 6) is 0.834. The van der Waals surface area contributed by atoms with Gasteiger partial charge in [-0.15, -0.1) is 5.10 Å². The van der Waals surface area contributed by atoms with Gasteiger partial charge in [-0.2, -0.15) is 5.26 Å². The van der Waals surface area contributed by atoms with Gasteiger partial charge in [0.25, 0.3) is 0 Å². The Bertz CT molecular complexity index is 396. The quantitative estimate of drug-likeness (QED) is 0.782. The molecule has 0 N–H and O–H groups in total. The van der Waals surface area contributed by atoms with E-state index in [-0.39, 0.29) is 5.92 Å². The van der Waals surface area contributed by atoms with Gasteiger partial charge < -0.3 is 0 Å². The normalized spacial score (nSPS) is 29.9. The molecule has 2 rings (SSSR count). The molecule has 1 aliphatic rings. The zero-order valence-corrected chi connectivity index (χ0v) is 10.3. The second kappa shape index (κ2) is 4.83. The van der Waals surface area contributed by atoms with Crippen LogP contribution >= 0.6 is 11.8 Å². The Morgan fingerprint density at radius 2 is 2.31 bits per heavy atom. The second-order valence-electron chi connectivity index (χ2n) is 4.40. The monoisotopic (exact) mass is 237 g/mol. The van der Waals surface area contributed by atoms with Crippen LogP contribution in [0.2, 0.25) is 0 Å². The van der Waals surface area contributed by atoms with Crippen LogP contribution < -0.4 is 0 Å². The lowest BCUT2D eigenvalue weighted by Gasteiger charge is -2.29. The molecule has 0 aromatic carbocycles. The minimum Gasteiger partial charge on any atom is -0.224 e. The molecule has 0 aliphatic heterocycles. The maximum absolute atomic E-state index is 9.12. The summed E-state index contributed by atoms with van der Waals surface area (Å²) in [5.41, 5.74) is 0. The maximum atomic E-state index is 9.12. The lowest BCUT2D eigenvalue weighted by Crippen LogP contribution is -2.25. The summed E-state index contributed by atoms with van der Waals surface area (Å²) in [5, 5.41) is 21.6. The molecule has 0 radical (unpaired) electrons. The number of aromatic nitrogens is 4. The SMILES string of the molecule is CC1CCC(C#N)C(Sc2nnnn2C)C1. The van der Waals surface area contributed by atoms with E-state index in [4.69, 9.17) is 5.26 Å². The zero-order chi connectivity index (χ0) is 11.5. The number of tetrazole rings is 1. The summed E-state index contributed by atoms with van der Waals surface area (Å²) >= 11 is 1.64. The van der Waals surface area contributed by atoms with Gasteiger partial charge in [-0.1, -0.05) is 18.7 Å². The molecule has 1 aromatic heterocycles. The molecule has 0 spiro atoms. The van der Waals surface area contributed by atoms with Gasteiger partial charge >= 0.3 is 0 Å². The Labute approximate surface area is 99.2 Å². The van der Waals surface area contributed by atoms with Crippen LogP contribution in [-0.4, -0.2) is 25.5 Å². The Morgan fingerprint density at radius 1 is 1.50 bits per heavy atom. The molecule has 0 saturated heterocycles. The summed E-state index contributed by atoms with van der Waals surface area (Å²) in [4.78, 5) is 0. The van der Waals surface area contributed by atoms with Crippen LogP contribution in [0.1, 0.15) is 26.2 Å². The van der Waals surface area contributed by atoms with E-state index >= 15 is 0 Å². The fourth-order valence-corrected chi connectivity index (χ4v) is 3.39. The Hall–Kier alpha value is -1.09. The molecule has 1 fully saturated rings. The van der Waals surface area contributed by atoms with Gasteiger partial charge in [-0.25, -0.2) is 4.68 Å². The van der Waals surface area contributed by atoms with E-state index in [0.29, 0.717) is 11.2 Å². The van der Waals surface area contributed by atoms with Gasteiger partial charge in [0, 0.05) is 12.3 Å². The minimum absolute atomic E-state index is 0.137. The number of thioether (sulfide) groups is 1. The fraction of sp³-hybridized carbons (Fsp3) is 0.800. The van der Waals surface area contributed by atoms with Crippen LogP contribution in [0.25, 0.3) is 0 Å². The number of nitriles is 1. The molecule has 86 valence electrons. The first kappa shape index (κ1) is 11.4. The molecule has 1 saturated carbocycles. The number of hydrogen-bond acceptors (Lipinski definition) is 5. The molecule has 3 unspecified atom stereocenters. The van der Waals surface area contributed by atoms with Gasteiger partial charge in [0.1, 0.15) is 0 Å². The number of aryl methyl sites for hydroxylation is 1. The topological polar surface area (TPSA) is 67.4 Å². The van der Waals surface area contributed by atoms with E-state index in [1.807, 2.05) is 7.05 Å². The van der Waals surface area contributed by atoms with E-state index in [0.717, 1.165) is 24.4 Å². The van der Waals surface area contributed by atoms with Crippen LogP contribution in [0.15, 0.2) is 5.16 Å². The van der Waals surface area contributed by atoms with E-state index in [2.05, 4.69) is 28.5 Å². The molecule has 0 amide bonds. The van der Waals surface area contributed by atoms with Crippen molar-refractivity contribution in [2.75, 3.05) is 0 Å². The van der Waals surface area contributed by atoms with Gasteiger partial charge in [-0.3, -0.25) is 0 Å². The fourth-order valence-electron chi connectivity index (χ4n) is 2.06. The predicted molar refractivity (Wildman–Crippen MR) is 60.6 cm³/mol. The van der Waals surface area contributed by atoms with Crippen molar-refractivity contribution in [1.29, 1.82) is 5.26 Å². The highest BCUT2D eigenvalue weighted by Gasteiger charge is 2.30. The van der Waals surface area contributed by atoms with Crippen LogP contribution in [0, 0.1) is 23.2 Å². The summed E-state index contributed by atoms with van der Waals surface area (Å²) < 4.78 is 1.67. The van der Waals surface area contributed by atoms with Gasteiger partial charge in [0.15, 0.2) is 0 Å². The van der Waals surface area contributed by atoms with Crippen molar-refractivity contribution in [2.24, 2.45) is 18.9 Å². The first-order chi connectivity index (χ1) is 7.70.